The predicted octanol–water partition coefficient (Wildman–Crippen LogP) is 6.38. The molecule has 3 heterocycles. The number of rotatable bonds is 6. The summed E-state index contributed by atoms with van der Waals surface area (Å²) in [7, 11) is 1.65. The van der Waals surface area contributed by atoms with Gasteiger partial charge in [0.2, 0.25) is 0 Å². The van der Waals surface area contributed by atoms with E-state index >= 15 is 0 Å². The van der Waals surface area contributed by atoms with Crippen LogP contribution in [0.4, 0.5) is 10.6 Å². The lowest BCUT2D eigenvalue weighted by Gasteiger charge is -2.28. The van der Waals surface area contributed by atoms with Gasteiger partial charge in [-0.25, -0.2) is 14.8 Å². The Balaban J connectivity index is 1.59. The van der Waals surface area contributed by atoms with Crippen molar-refractivity contribution in [3.05, 3.63) is 95.8 Å². The van der Waals surface area contributed by atoms with Crippen molar-refractivity contribution in [3.63, 3.8) is 0 Å². The van der Waals surface area contributed by atoms with Crippen LogP contribution in [0.25, 0.3) is 10.9 Å². The summed E-state index contributed by atoms with van der Waals surface area (Å²) in [4.78, 5) is 24.6. The van der Waals surface area contributed by atoms with Gasteiger partial charge in [0.15, 0.2) is 5.82 Å². The maximum absolute atomic E-state index is 13.1. The molecule has 1 aliphatic heterocycles. The minimum atomic E-state index is -0.586. The molecule has 1 saturated heterocycles. The van der Waals surface area contributed by atoms with Crippen LogP contribution >= 0.6 is 0 Å². The molecule has 204 valence electrons. The van der Waals surface area contributed by atoms with E-state index in [1.54, 1.807) is 18.2 Å². The summed E-state index contributed by atoms with van der Waals surface area (Å²) in [5.74, 6) is 3.41. The fourth-order valence-corrected chi connectivity index (χ4v) is 5.27. The molecule has 5 rings (SSSR count). The van der Waals surface area contributed by atoms with Crippen molar-refractivity contribution < 1.29 is 14.3 Å². The van der Waals surface area contributed by atoms with Crippen molar-refractivity contribution >= 4 is 28.5 Å². The number of terminal acetylenes is 1. The zero-order valence-corrected chi connectivity index (χ0v) is 23.4. The number of carbonyl (C=O) groups excluding carboxylic acids is 1. The zero-order valence-electron chi connectivity index (χ0n) is 23.4. The van der Waals surface area contributed by atoms with E-state index in [-0.39, 0.29) is 18.2 Å². The van der Waals surface area contributed by atoms with Crippen molar-refractivity contribution in [2.45, 2.75) is 44.9 Å². The van der Waals surface area contributed by atoms with Gasteiger partial charge in [-0.15, -0.1) is 6.42 Å². The number of carbonyl (C=O) groups is 1. The topological polar surface area (TPSA) is 69.0 Å². The van der Waals surface area contributed by atoms with Gasteiger partial charge in [-0.1, -0.05) is 66.6 Å². The number of hydrogen-bond donors (Lipinski definition) is 0. The first kappa shape index (κ1) is 27.2. The maximum Gasteiger partial charge on any atom is 0.410 e. The van der Waals surface area contributed by atoms with E-state index in [1.807, 2.05) is 93.7 Å². The number of aromatic nitrogens is 2. The number of aliphatic imine (C=N–C) groups is 1. The van der Waals surface area contributed by atoms with Crippen LogP contribution in [0.1, 0.15) is 49.9 Å². The van der Waals surface area contributed by atoms with Crippen LogP contribution in [0, 0.1) is 12.3 Å². The number of nitrogens with zero attached hydrogens (tertiary/aromatic N) is 4. The molecule has 7 heteroatoms. The molecule has 4 aromatic rings. The van der Waals surface area contributed by atoms with E-state index < -0.39 is 5.60 Å². The summed E-state index contributed by atoms with van der Waals surface area (Å²) >= 11 is 0. The highest BCUT2D eigenvalue weighted by Gasteiger charge is 2.39. The van der Waals surface area contributed by atoms with E-state index in [4.69, 9.17) is 20.9 Å². The highest BCUT2D eigenvalue weighted by Crippen LogP contribution is 2.36. The van der Waals surface area contributed by atoms with Gasteiger partial charge in [-0.3, -0.25) is 0 Å². The molecule has 1 aliphatic rings. The zero-order chi connectivity index (χ0) is 28.3. The molecule has 0 radical (unpaired) electrons. The van der Waals surface area contributed by atoms with Gasteiger partial charge in [0.1, 0.15) is 5.60 Å². The molecule has 1 fully saturated rings. The number of benzene rings is 2. The van der Waals surface area contributed by atoms with Crippen LogP contribution in [-0.2, 0) is 9.47 Å². The lowest BCUT2D eigenvalue weighted by molar-refractivity contribution is 0.0146. The van der Waals surface area contributed by atoms with Gasteiger partial charge >= 0.3 is 6.09 Å². The van der Waals surface area contributed by atoms with Gasteiger partial charge in [0.05, 0.1) is 40.9 Å². The van der Waals surface area contributed by atoms with Crippen molar-refractivity contribution in [3.8, 4) is 12.3 Å². The van der Waals surface area contributed by atoms with Crippen molar-refractivity contribution in [1.29, 1.82) is 0 Å². The maximum atomic E-state index is 13.1. The largest absolute Gasteiger partial charge is 0.444 e. The summed E-state index contributed by atoms with van der Waals surface area (Å²) < 4.78 is 13.3. The molecule has 7 nitrogen and oxygen atoms in total. The molecule has 0 unspecified atom stereocenters. The van der Waals surface area contributed by atoms with Crippen LogP contribution in [0.3, 0.4) is 0 Å². The molecular formula is C33H34N4O3. The van der Waals surface area contributed by atoms with E-state index in [0.29, 0.717) is 31.0 Å². The second-order valence-corrected chi connectivity index (χ2v) is 10.9. The third kappa shape index (κ3) is 5.63. The quantitative estimate of drug-likeness (QED) is 0.213. The third-order valence-corrected chi connectivity index (χ3v) is 6.97. The van der Waals surface area contributed by atoms with E-state index in [1.165, 1.54) is 0 Å². The summed E-state index contributed by atoms with van der Waals surface area (Å²) in [6.45, 7) is 6.52. The Morgan fingerprint density at radius 2 is 1.73 bits per heavy atom. The minimum Gasteiger partial charge on any atom is -0.444 e. The van der Waals surface area contributed by atoms with Gasteiger partial charge in [0.25, 0.3) is 0 Å². The summed E-state index contributed by atoms with van der Waals surface area (Å²) in [6, 6.07) is 22.0. The summed E-state index contributed by atoms with van der Waals surface area (Å²) in [5, 5.41) is 0.813. The Hall–Kier alpha value is -4.41. The van der Waals surface area contributed by atoms with E-state index in [0.717, 1.165) is 27.7 Å². The number of pyridine rings is 1. The molecular weight excluding hydrogens is 500 g/mol. The molecule has 2 aromatic heterocycles. The molecule has 0 aliphatic carbocycles. The number of methoxy groups -OCH3 is 1. The molecule has 2 aromatic carbocycles. The van der Waals surface area contributed by atoms with E-state index in [2.05, 4.69) is 15.5 Å². The van der Waals surface area contributed by atoms with Crippen molar-refractivity contribution in [1.82, 2.24) is 14.5 Å². The van der Waals surface area contributed by atoms with Gasteiger partial charge in [-0.05, 0) is 33.3 Å². The van der Waals surface area contributed by atoms with Crippen molar-refractivity contribution in [2.75, 3.05) is 20.3 Å². The second-order valence-electron chi connectivity index (χ2n) is 10.9. The Labute approximate surface area is 235 Å². The molecule has 1 amide bonds. The predicted molar refractivity (Wildman–Crippen MR) is 158 cm³/mol. The Bertz CT molecular complexity index is 1520. The monoisotopic (exact) mass is 534 g/mol. The Kier molecular flexibility index (Phi) is 7.72. The van der Waals surface area contributed by atoms with Gasteiger partial charge in [-0.2, -0.15) is 0 Å². The molecule has 2 atom stereocenters. The van der Waals surface area contributed by atoms with Crippen molar-refractivity contribution in [2.24, 2.45) is 4.99 Å². The molecule has 0 saturated carbocycles. The van der Waals surface area contributed by atoms with Crippen LogP contribution in [-0.4, -0.2) is 58.2 Å². The number of amides is 1. The highest BCUT2D eigenvalue weighted by atomic mass is 16.6. The fourth-order valence-electron chi connectivity index (χ4n) is 5.27. The second kappa shape index (κ2) is 11.4. The van der Waals surface area contributed by atoms with Gasteiger partial charge < -0.3 is 18.9 Å². The Morgan fingerprint density at radius 3 is 2.30 bits per heavy atom. The number of fused-ring (bicyclic) bond motifs is 1. The Morgan fingerprint density at radius 1 is 1.07 bits per heavy atom. The lowest BCUT2D eigenvalue weighted by Crippen LogP contribution is -2.41. The summed E-state index contributed by atoms with van der Waals surface area (Å²) in [6.07, 6.45) is 10.1. The first-order valence-electron chi connectivity index (χ1n) is 13.4. The molecule has 0 bridgehead atoms. The average molecular weight is 535 g/mol. The first-order chi connectivity index (χ1) is 19.3. The summed E-state index contributed by atoms with van der Waals surface area (Å²) in [5.41, 5.74) is 3.84. The minimum absolute atomic E-state index is 0.0146. The highest BCUT2D eigenvalue weighted by molar-refractivity contribution is 6.14. The SMILES string of the molecule is C#Cc1cn([C@H]2C[C@H](COC)N(C(=O)OC(C)(C)C)C2)c2ccnc(N=C(c3ccccc3)c3ccccc3)c12. The van der Waals surface area contributed by atoms with Crippen LogP contribution in [0.2, 0.25) is 0 Å². The number of hydrogen-bond acceptors (Lipinski definition) is 5. The third-order valence-electron chi connectivity index (χ3n) is 6.97. The molecule has 0 spiro atoms. The smallest absolute Gasteiger partial charge is 0.410 e. The van der Waals surface area contributed by atoms with Crippen LogP contribution < -0.4 is 0 Å². The normalized spacial score (nSPS) is 17.0. The van der Waals surface area contributed by atoms with E-state index in [9.17, 15) is 4.79 Å². The standard InChI is InChI=1S/C33H34N4O3/c1-6-23-20-36(26-19-27(22-39-5)37(21-26)32(38)40-33(2,3)4)28-17-18-34-31(29(23)28)35-30(24-13-9-7-10-14-24)25-15-11-8-12-16-25/h1,7-18,20,26-27H,19,21-22H2,2-5H3/t26-,27+/m0/s1. The van der Waals surface area contributed by atoms with Crippen LogP contribution in [0.15, 0.2) is 84.1 Å². The average Bonchev–Trinajstić information content (AvgIpc) is 3.54. The molecule has 0 N–H and O–H groups in total. The molecule has 40 heavy (non-hydrogen) atoms. The lowest BCUT2D eigenvalue weighted by atomic mass is 10.0. The number of ether oxygens (including phenoxy) is 2. The van der Waals surface area contributed by atoms with Crippen LogP contribution in [0.5, 0.6) is 0 Å². The first-order valence-corrected chi connectivity index (χ1v) is 13.4. The number of likely N-dealkylation sites (tertiary alicyclic amines) is 1. The van der Waals surface area contributed by atoms with Gasteiger partial charge in [0, 0.05) is 37.2 Å². The fraction of sp³-hybridized carbons (Fsp3) is 0.303.